The SMILES string of the molecule is Cc1cc2nc(Nc3ccc4ncccc4c3)nn2cc1-n1cccn1. The molecule has 7 nitrogen and oxygen atoms in total. The maximum Gasteiger partial charge on any atom is 0.247 e. The van der Waals surface area contributed by atoms with E-state index in [4.69, 9.17) is 0 Å². The Bertz CT molecular complexity index is 1220. The van der Waals surface area contributed by atoms with Crippen molar-refractivity contribution in [2.75, 3.05) is 5.32 Å². The van der Waals surface area contributed by atoms with Gasteiger partial charge in [-0.15, -0.1) is 5.10 Å². The molecule has 0 aliphatic heterocycles. The lowest BCUT2D eigenvalue weighted by atomic mass is 10.2. The van der Waals surface area contributed by atoms with Crippen LogP contribution in [0.1, 0.15) is 5.56 Å². The van der Waals surface area contributed by atoms with E-state index in [1.807, 2.05) is 66.5 Å². The van der Waals surface area contributed by atoms with Gasteiger partial charge in [0.15, 0.2) is 5.65 Å². The van der Waals surface area contributed by atoms with Crippen LogP contribution in [0.2, 0.25) is 0 Å². The van der Waals surface area contributed by atoms with Gasteiger partial charge in [0, 0.05) is 29.7 Å². The third-order valence-electron chi connectivity index (χ3n) is 4.26. The van der Waals surface area contributed by atoms with Gasteiger partial charge in [0.1, 0.15) is 0 Å². The normalized spacial score (nSPS) is 11.3. The zero-order valence-corrected chi connectivity index (χ0v) is 14.0. The van der Waals surface area contributed by atoms with E-state index in [0.717, 1.165) is 33.5 Å². The second kappa shape index (κ2) is 5.66. The van der Waals surface area contributed by atoms with Gasteiger partial charge in [-0.25, -0.2) is 9.20 Å². The predicted molar refractivity (Wildman–Crippen MR) is 99.9 cm³/mol. The molecule has 0 atom stereocenters. The lowest BCUT2D eigenvalue weighted by Gasteiger charge is -2.05. The Morgan fingerprint density at radius 1 is 1.04 bits per heavy atom. The Kier molecular flexibility index (Phi) is 3.18. The van der Waals surface area contributed by atoms with Crippen LogP contribution in [0.3, 0.4) is 0 Å². The number of fused-ring (bicyclic) bond motifs is 2. The first-order valence-electron chi connectivity index (χ1n) is 8.25. The molecule has 0 spiro atoms. The summed E-state index contributed by atoms with van der Waals surface area (Å²) in [5.74, 6) is 0.547. The molecule has 5 aromatic rings. The smallest absolute Gasteiger partial charge is 0.247 e. The third kappa shape index (κ3) is 2.46. The van der Waals surface area contributed by atoms with Crippen LogP contribution in [0, 0.1) is 6.92 Å². The number of anilines is 2. The van der Waals surface area contributed by atoms with E-state index in [-0.39, 0.29) is 0 Å². The highest BCUT2D eigenvalue weighted by atomic mass is 15.4. The van der Waals surface area contributed by atoms with Crippen LogP contribution in [0.15, 0.2) is 67.3 Å². The highest BCUT2D eigenvalue weighted by Crippen LogP contribution is 2.21. The van der Waals surface area contributed by atoms with Gasteiger partial charge in [-0.3, -0.25) is 4.98 Å². The van der Waals surface area contributed by atoms with Crippen molar-refractivity contribution in [1.82, 2.24) is 29.4 Å². The number of hydrogen-bond acceptors (Lipinski definition) is 5. The highest BCUT2D eigenvalue weighted by Gasteiger charge is 2.09. The first kappa shape index (κ1) is 14.6. The summed E-state index contributed by atoms with van der Waals surface area (Å²) >= 11 is 0. The Morgan fingerprint density at radius 3 is 2.88 bits per heavy atom. The molecule has 26 heavy (non-hydrogen) atoms. The lowest BCUT2D eigenvalue weighted by Crippen LogP contribution is -2.01. The van der Waals surface area contributed by atoms with Crippen LogP contribution in [0.25, 0.3) is 22.2 Å². The Hall–Kier alpha value is -3.74. The standard InChI is InChI=1S/C19H15N7/c1-13-10-18-23-19(24-26(18)12-17(13)25-9-3-8-21-25)22-15-5-6-16-14(11-15)4-2-7-20-16/h2-12H,1H3,(H,22,24). The summed E-state index contributed by atoms with van der Waals surface area (Å²) in [6.45, 7) is 2.04. The van der Waals surface area contributed by atoms with Crippen molar-refractivity contribution in [2.24, 2.45) is 0 Å². The molecule has 0 bridgehead atoms. The largest absolute Gasteiger partial charge is 0.323 e. The third-order valence-corrected chi connectivity index (χ3v) is 4.26. The van der Waals surface area contributed by atoms with Crippen molar-refractivity contribution in [1.29, 1.82) is 0 Å². The van der Waals surface area contributed by atoms with Crippen molar-refractivity contribution in [3.05, 3.63) is 72.8 Å². The number of nitrogens with zero attached hydrogens (tertiary/aromatic N) is 6. The van der Waals surface area contributed by atoms with Gasteiger partial charge in [0.05, 0.1) is 17.4 Å². The minimum atomic E-state index is 0.547. The molecule has 1 N–H and O–H groups in total. The topological polar surface area (TPSA) is 72.9 Å². The molecule has 1 aromatic carbocycles. The highest BCUT2D eigenvalue weighted by molar-refractivity contribution is 5.82. The average molecular weight is 341 g/mol. The summed E-state index contributed by atoms with van der Waals surface area (Å²) in [6, 6.07) is 13.8. The molecule has 0 saturated heterocycles. The summed E-state index contributed by atoms with van der Waals surface area (Å²) < 4.78 is 3.58. The van der Waals surface area contributed by atoms with Crippen molar-refractivity contribution in [2.45, 2.75) is 6.92 Å². The van der Waals surface area contributed by atoms with E-state index in [2.05, 4.69) is 25.5 Å². The van der Waals surface area contributed by atoms with Gasteiger partial charge in [0.25, 0.3) is 0 Å². The van der Waals surface area contributed by atoms with E-state index in [9.17, 15) is 0 Å². The fourth-order valence-corrected chi connectivity index (χ4v) is 3.00. The number of rotatable bonds is 3. The lowest BCUT2D eigenvalue weighted by molar-refractivity contribution is 0.846. The second-order valence-electron chi connectivity index (χ2n) is 6.07. The van der Waals surface area contributed by atoms with Crippen LogP contribution in [-0.4, -0.2) is 29.4 Å². The Labute approximate surface area is 148 Å². The fraction of sp³-hybridized carbons (Fsp3) is 0.0526. The first-order valence-corrected chi connectivity index (χ1v) is 8.25. The predicted octanol–water partition coefficient (Wildman–Crippen LogP) is 3.52. The van der Waals surface area contributed by atoms with Crippen molar-refractivity contribution in [3.8, 4) is 5.69 Å². The van der Waals surface area contributed by atoms with Crippen molar-refractivity contribution >= 4 is 28.2 Å². The number of benzene rings is 1. The molecule has 0 fully saturated rings. The zero-order valence-electron chi connectivity index (χ0n) is 14.0. The summed E-state index contributed by atoms with van der Waals surface area (Å²) in [5, 5.41) is 13.2. The molecule has 4 aromatic heterocycles. The number of hydrogen-bond donors (Lipinski definition) is 1. The molecule has 0 amide bonds. The summed E-state index contributed by atoms with van der Waals surface area (Å²) in [6.07, 6.45) is 7.39. The van der Waals surface area contributed by atoms with Crippen LogP contribution in [-0.2, 0) is 0 Å². The molecule has 126 valence electrons. The molecule has 5 rings (SSSR count). The number of nitrogens with one attached hydrogen (secondary N) is 1. The van der Waals surface area contributed by atoms with E-state index < -0.39 is 0 Å². The minimum absolute atomic E-state index is 0.547. The average Bonchev–Trinajstić information content (AvgIpc) is 3.30. The molecular weight excluding hydrogens is 326 g/mol. The number of aryl methyl sites for hydroxylation is 1. The Morgan fingerprint density at radius 2 is 2.00 bits per heavy atom. The maximum atomic E-state index is 4.57. The van der Waals surface area contributed by atoms with Gasteiger partial charge in [-0.05, 0) is 48.9 Å². The van der Waals surface area contributed by atoms with Crippen molar-refractivity contribution in [3.63, 3.8) is 0 Å². The molecule has 7 heteroatoms. The molecule has 0 radical (unpaired) electrons. The molecule has 0 aliphatic carbocycles. The van der Waals surface area contributed by atoms with E-state index in [0.29, 0.717) is 5.95 Å². The van der Waals surface area contributed by atoms with Crippen LogP contribution in [0.5, 0.6) is 0 Å². The zero-order chi connectivity index (χ0) is 17.5. The fourth-order valence-electron chi connectivity index (χ4n) is 3.00. The van der Waals surface area contributed by atoms with E-state index >= 15 is 0 Å². The minimum Gasteiger partial charge on any atom is -0.323 e. The van der Waals surface area contributed by atoms with E-state index in [1.54, 1.807) is 16.9 Å². The van der Waals surface area contributed by atoms with Crippen LogP contribution < -0.4 is 5.32 Å². The van der Waals surface area contributed by atoms with Gasteiger partial charge in [-0.2, -0.15) is 10.1 Å². The van der Waals surface area contributed by atoms with Crippen LogP contribution >= 0.6 is 0 Å². The monoisotopic (exact) mass is 341 g/mol. The summed E-state index contributed by atoms with van der Waals surface area (Å²) in [5.41, 5.74) is 4.71. The maximum absolute atomic E-state index is 4.57. The summed E-state index contributed by atoms with van der Waals surface area (Å²) in [4.78, 5) is 8.90. The molecule has 4 heterocycles. The Balaban J connectivity index is 1.52. The molecular formula is C19H15N7. The first-order chi connectivity index (χ1) is 12.8. The summed E-state index contributed by atoms with van der Waals surface area (Å²) in [7, 11) is 0. The molecule has 0 unspecified atom stereocenters. The van der Waals surface area contributed by atoms with Crippen LogP contribution in [0.4, 0.5) is 11.6 Å². The second-order valence-corrected chi connectivity index (χ2v) is 6.07. The quantitative estimate of drug-likeness (QED) is 0.543. The van der Waals surface area contributed by atoms with Gasteiger partial charge in [-0.1, -0.05) is 6.07 Å². The number of aromatic nitrogens is 6. The molecule has 0 aliphatic rings. The van der Waals surface area contributed by atoms with Crippen molar-refractivity contribution < 1.29 is 0 Å². The number of pyridine rings is 2. The van der Waals surface area contributed by atoms with E-state index in [1.165, 1.54) is 0 Å². The van der Waals surface area contributed by atoms with Gasteiger partial charge < -0.3 is 5.32 Å². The molecule has 0 saturated carbocycles. The van der Waals surface area contributed by atoms with Gasteiger partial charge in [0.2, 0.25) is 5.95 Å². The van der Waals surface area contributed by atoms with Gasteiger partial charge >= 0.3 is 0 Å².